The van der Waals surface area contributed by atoms with Crippen LogP contribution in [-0.4, -0.2) is 113 Å². The molecule has 2 bridgehead atoms. The molecule has 1 saturated carbocycles. The van der Waals surface area contributed by atoms with Gasteiger partial charge in [0.2, 0.25) is 5.79 Å². The Balaban J connectivity index is 1.73. The number of fused-ring (bicyclic) bond motifs is 3. The number of methoxy groups -OCH3 is 2. The lowest BCUT2D eigenvalue weighted by atomic mass is 9.81. The van der Waals surface area contributed by atoms with E-state index in [0.717, 1.165) is 49.7 Å². The van der Waals surface area contributed by atoms with Gasteiger partial charge < -0.3 is 44.6 Å². The van der Waals surface area contributed by atoms with Gasteiger partial charge in [-0.1, -0.05) is 45.9 Å². The van der Waals surface area contributed by atoms with Gasteiger partial charge in [0.1, 0.15) is 6.10 Å². The summed E-state index contributed by atoms with van der Waals surface area (Å²) in [5.74, 6) is -4.75. The van der Waals surface area contributed by atoms with Crippen molar-refractivity contribution in [1.29, 1.82) is 5.41 Å². The summed E-state index contributed by atoms with van der Waals surface area (Å²) < 4.78 is 24.8. The van der Waals surface area contributed by atoms with Crippen LogP contribution in [0.25, 0.3) is 0 Å². The Bertz CT molecular complexity index is 1340. The summed E-state index contributed by atoms with van der Waals surface area (Å²) in [6.07, 6.45) is 10.3. The number of rotatable bonds is 6. The van der Waals surface area contributed by atoms with Gasteiger partial charge in [0, 0.05) is 44.7 Å². The van der Waals surface area contributed by atoms with E-state index in [1.807, 2.05) is 13.8 Å². The van der Waals surface area contributed by atoms with Crippen molar-refractivity contribution in [1.82, 2.24) is 4.90 Å². The van der Waals surface area contributed by atoms with Crippen molar-refractivity contribution in [2.75, 3.05) is 27.4 Å². The molecule has 3 aliphatic heterocycles. The number of nitrogens with zero attached hydrogens (tertiary/aromatic N) is 1. The second-order valence-electron chi connectivity index (χ2n) is 17.0. The fourth-order valence-electron chi connectivity index (χ4n) is 9.32. The van der Waals surface area contributed by atoms with Crippen LogP contribution in [0.5, 0.6) is 0 Å². The number of aliphatic hydroxyl groups excluding tert-OH is 2. The number of ether oxygens (including phenoxy) is 4. The van der Waals surface area contributed by atoms with Crippen LogP contribution in [0.15, 0.2) is 36.0 Å². The van der Waals surface area contributed by atoms with Gasteiger partial charge in [-0.2, -0.15) is 0 Å². The smallest absolute Gasteiger partial charge is 0.296 e. The minimum atomic E-state index is -2.36. The number of Topliss-reactive ketones (excluding diaryl/α,β-unsaturated/α-hetero) is 1. The average Bonchev–Trinajstić information content (AvgIpc) is 3.14. The lowest BCUT2D eigenvalue weighted by Gasteiger charge is -2.47. The minimum Gasteiger partial charge on any atom is -0.393 e. The lowest BCUT2D eigenvalue weighted by Crippen LogP contribution is -2.64. The number of carbonyl (C=O) groups excluding carboxylic acids is 2. The first-order valence-electron chi connectivity index (χ1n) is 20.5. The van der Waals surface area contributed by atoms with Crippen LogP contribution in [-0.2, 0) is 28.5 Å². The minimum absolute atomic E-state index is 0.0887. The first-order chi connectivity index (χ1) is 25.6. The Morgan fingerprint density at radius 2 is 1.69 bits per heavy atom. The molecule has 0 aromatic heterocycles. The van der Waals surface area contributed by atoms with E-state index in [-0.39, 0.29) is 36.9 Å². The van der Waals surface area contributed by atoms with Crippen molar-refractivity contribution < 1.29 is 43.9 Å². The number of amides is 1. The summed E-state index contributed by atoms with van der Waals surface area (Å²) in [5.41, 5.74) is 2.16. The summed E-state index contributed by atoms with van der Waals surface area (Å²) in [5, 5.41) is 43.0. The molecule has 3 fully saturated rings. The first kappa shape index (κ1) is 44.5. The molecule has 4 rings (SSSR count). The summed E-state index contributed by atoms with van der Waals surface area (Å²) in [4.78, 5) is 29.9. The van der Waals surface area contributed by atoms with Crippen molar-refractivity contribution in [3.8, 4) is 0 Å². The summed E-state index contributed by atoms with van der Waals surface area (Å²) in [6.45, 7) is 14.3. The van der Waals surface area contributed by atoms with Crippen LogP contribution in [0.2, 0.25) is 0 Å². The molecule has 54 heavy (non-hydrogen) atoms. The second kappa shape index (κ2) is 20.3. The molecule has 2 saturated heterocycles. The Hall–Kier alpha value is -2.25. The monoisotopic (exact) mass is 759 g/mol. The number of piperidine rings is 1. The van der Waals surface area contributed by atoms with Gasteiger partial charge in [0.15, 0.2) is 0 Å². The van der Waals surface area contributed by atoms with Crippen molar-refractivity contribution >= 4 is 17.4 Å². The zero-order chi connectivity index (χ0) is 39.7. The van der Waals surface area contributed by atoms with Gasteiger partial charge in [-0.15, -0.1) is 6.58 Å². The fraction of sp³-hybridized carbons (Fsp3) is 0.791. The van der Waals surface area contributed by atoms with E-state index in [4.69, 9.17) is 24.4 Å². The molecule has 0 spiro atoms. The van der Waals surface area contributed by atoms with Crippen LogP contribution < -0.4 is 0 Å². The predicted molar refractivity (Wildman–Crippen MR) is 209 cm³/mol. The van der Waals surface area contributed by atoms with Crippen molar-refractivity contribution in [3.63, 3.8) is 0 Å². The summed E-state index contributed by atoms with van der Waals surface area (Å²) in [7, 11) is 3.16. The summed E-state index contributed by atoms with van der Waals surface area (Å²) >= 11 is 0. The topological polar surface area (TPSA) is 159 Å². The zero-order valence-electron chi connectivity index (χ0n) is 34.0. The quantitative estimate of drug-likeness (QED) is 0.190. The highest BCUT2D eigenvalue weighted by Gasteiger charge is 2.56. The van der Waals surface area contributed by atoms with E-state index in [0.29, 0.717) is 44.4 Å². The number of carbonyl (C=O) groups is 2. The van der Waals surface area contributed by atoms with Gasteiger partial charge in [0.25, 0.3) is 11.7 Å². The van der Waals surface area contributed by atoms with E-state index in [9.17, 15) is 24.9 Å². The fourth-order valence-corrected chi connectivity index (χ4v) is 9.32. The second-order valence-corrected chi connectivity index (χ2v) is 17.0. The number of aliphatic hydroxyl groups is 3. The highest BCUT2D eigenvalue weighted by atomic mass is 16.7. The third-order valence-corrected chi connectivity index (χ3v) is 12.6. The van der Waals surface area contributed by atoms with Crippen LogP contribution in [0, 0.1) is 35.0 Å². The van der Waals surface area contributed by atoms with Crippen molar-refractivity contribution in [2.45, 2.75) is 160 Å². The molecule has 0 aromatic rings. The highest BCUT2D eigenvalue weighted by molar-refractivity contribution is 6.38. The predicted octanol–water partition coefficient (Wildman–Crippen LogP) is 5.94. The Morgan fingerprint density at radius 3 is 2.33 bits per heavy atom. The number of allylic oxidation sites excluding steroid dienone is 4. The Labute approximate surface area is 324 Å². The zero-order valence-corrected chi connectivity index (χ0v) is 34.0. The van der Waals surface area contributed by atoms with Crippen molar-refractivity contribution in [3.05, 3.63) is 36.0 Å². The van der Waals surface area contributed by atoms with E-state index in [1.165, 1.54) is 0 Å². The number of nitrogens with one attached hydrogen (secondary N) is 1. The maximum Gasteiger partial charge on any atom is 0.296 e. The molecule has 11 atom stereocenters. The Morgan fingerprint density at radius 1 is 1.02 bits per heavy atom. The molecule has 11 heteroatoms. The van der Waals surface area contributed by atoms with E-state index >= 15 is 0 Å². The van der Waals surface area contributed by atoms with E-state index in [1.54, 1.807) is 32.1 Å². The van der Waals surface area contributed by atoms with E-state index in [2.05, 4.69) is 32.6 Å². The molecule has 0 aromatic carbocycles. The van der Waals surface area contributed by atoms with Gasteiger partial charge >= 0.3 is 0 Å². The SMILES string of the molecule is C=CC/C1=C\C(C)CC(C)CC(OC)C2OC(O)(C(=O)C(=O)N3CCCCC3COC(C(C)=CC3CCC(O)CC3)C(C)C(O)CC1=N)C(C)CC2OC. The maximum absolute atomic E-state index is 14.2. The normalized spacial score (nSPS) is 41.3. The number of hydrogen-bond donors (Lipinski definition) is 4. The maximum atomic E-state index is 14.2. The molecule has 3 heterocycles. The molecule has 0 radical (unpaired) electrons. The molecule has 306 valence electrons. The largest absolute Gasteiger partial charge is 0.393 e. The van der Waals surface area contributed by atoms with Crippen LogP contribution in [0.4, 0.5) is 0 Å². The number of hydrogen-bond acceptors (Lipinski definition) is 10. The average molecular weight is 759 g/mol. The molecule has 1 aliphatic carbocycles. The standard InChI is InChI=1S/C43H70N2O9/c1-9-12-32-20-26(2)19-27(3)21-37(51-7)40-38(52-8)23-29(5)43(50,54-40)41(48)42(49)45-18-11-10-13-33(45)25-53-39(30(6)36(47)24-35(32)44)28(4)22-31-14-16-34(46)17-15-31/h9,20,22,26-27,29-31,33-34,36-40,44,46-47,50H,1,10-19,21,23-25H2,2-8H3/b28-22?,32-20+,44-35?. The van der Waals surface area contributed by atoms with Gasteiger partial charge in [0.05, 0.1) is 43.2 Å². The molecule has 11 nitrogen and oxygen atoms in total. The third kappa shape index (κ3) is 11.0. The molecular weight excluding hydrogens is 688 g/mol. The first-order valence-corrected chi connectivity index (χ1v) is 20.5. The van der Waals surface area contributed by atoms with E-state index < -0.39 is 65.9 Å². The molecule has 1 amide bonds. The van der Waals surface area contributed by atoms with Crippen molar-refractivity contribution in [2.24, 2.45) is 29.6 Å². The molecule has 4 N–H and O–H groups in total. The molecule has 4 aliphatic rings. The van der Waals surface area contributed by atoms with Crippen LogP contribution in [0.1, 0.15) is 112 Å². The third-order valence-electron chi connectivity index (χ3n) is 12.6. The Kier molecular flexibility index (Phi) is 16.7. The number of ketones is 1. The molecule has 11 unspecified atom stereocenters. The lowest BCUT2D eigenvalue weighted by molar-refractivity contribution is -0.302. The van der Waals surface area contributed by atoms with Gasteiger partial charge in [-0.25, -0.2) is 0 Å². The van der Waals surface area contributed by atoms with Crippen LogP contribution in [0.3, 0.4) is 0 Å². The van der Waals surface area contributed by atoms with Crippen LogP contribution >= 0.6 is 0 Å². The van der Waals surface area contributed by atoms with Gasteiger partial charge in [-0.3, -0.25) is 9.59 Å². The van der Waals surface area contributed by atoms with Gasteiger partial charge in [-0.05, 0) is 106 Å². The molecular formula is C43H70N2O9. The highest BCUT2D eigenvalue weighted by Crippen LogP contribution is 2.39. The summed E-state index contributed by atoms with van der Waals surface area (Å²) in [6, 6.07) is -0.423.